The number of ether oxygens (including phenoxy) is 2. The maximum Gasteiger partial charge on any atom is 0.102 e. The number of hydrogen-bond acceptors (Lipinski definition) is 3. The molecule has 4 heteroatoms. The van der Waals surface area contributed by atoms with Gasteiger partial charge in [-0.2, -0.15) is 0 Å². The van der Waals surface area contributed by atoms with Crippen LogP contribution in [0.25, 0.3) is 0 Å². The van der Waals surface area contributed by atoms with Gasteiger partial charge in [-0.3, -0.25) is 0 Å². The number of rotatable bonds is 41. The number of likely N-dealkylation sites (N-methyl/N-ethyl adjacent to an activating group) is 1. The molecule has 48 heavy (non-hydrogen) atoms. The molecule has 0 aromatic rings. The summed E-state index contributed by atoms with van der Waals surface area (Å²) in [6.45, 7) is 12.1. The highest BCUT2D eigenvalue weighted by atomic mass is 16.5. The van der Waals surface area contributed by atoms with Crippen LogP contribution in [-0.4, -0.2) is 64.1 Å². The Bertz CT molecular complexity index is 602. The fourth-order valence-corrected chi connectivity index (χ4v) is 6.49. The summed E-state index contributed by atoms with van der Waals surface area (Å²) in [6, 6.07) is 0. The van der Waals surface area contributed by atoms with Crippen molar-refractivity contribution < 1.29 is 14.0 Å². The molecule has 0 spiro atoms. The minimum Gasteiger partial charge on any atom is -0.376 e. The highest BCUT2D eigenvalue weighted by Crippen LogP contribution is 2.12. The molecule has 0 heterocycles. The Balaban J connectivity index is 3.61. The molecule has 0 saturated carbocycles. The lowest BCUT2D eigenvalue weighted by Gasteiger charge is -2.34. The van der Waals surface area contributed by atoms with Crippen LogP contribution in [0.2, 0.25) is 0 Å². The molecule has 0 saturated heterocycles. The highest BCUT2D eigenvalue weighted by Gasteiger charge is 2.20. The quantitative estimate of drug-likeness (QED) is 0.0398. The predicted octanol–water partition coefficient (Wildman–Crippen LogP) is 12.9. The summed E-state index contributed by atoms with van der Waals surface area (Å²) in [5.41, 5.74) is 5.86. The summed E-state index contributed by atoms with van der Waals surface area (Å²) >= 11 is 0. The Morgan fingerprint density at radius 1 is 0.375 bits per heavy atom. The molecule has 0 aromatic carbocycles. The van der Waals surface area contributed by atoms with Crippen LogP contribution in [0, 0.1) is 0 Å². The van der Waals surface area contributed by atoms with E-state index in [-0.39, 0.29) is 0 Å². The van der Waals surface area contributed by atoms with Gasteiger partial charge in [0.15, 0.2) is 0 Å². The van der Waals surface area contributed by atoms with Crippen LogP contribution in [-0.2, 0) is 9.47 Å². The number of nitrogens with two attached hydrogens (primary N) is 1. The summed E-state index contributed by atoms with van der Waals surface area (Å²) in [6.07, 6.45) is 48.5. The first-order chi connectivity index (χ1) is 23.7. The van der Waals surface area contributed by atoms with Crippen molar-refractivity contribution in [2.24, 2.45) is 5.73 Å². The van der Waals surface area contributed by atoms with Gasteiger partial charge in [-0.05, 0) is 70.8 Å². The Morgan fingerprint density at radius 2 is 0.688 bits per heavy atom. The molecule has 0 radical (unpaired) electrons. The summed E-state index contributed by atoms with van der Waals surface area (Å²) in [5, 5.41) is 0. The molecule has 0 unspecified atom stereocenters. The molecule has 0 aliphatic rings. The van der Waals surface area contributed by atoms with Crippen molar-refractivity contribution in [2.45, 2.75) is 200 Å². The smallest absolute Gasteiger partial charge is 0.102 e. The lowest BCUT2D eigenvalue weighted by Crippen LogP contribution is -2.49. The van der Waals surface area contributed by atoms with Crippen molar-refractivity contribution in [3.63, 3.8) is 0 Å². The third-order valence-electron chi connectivity index (χ3n) is 10.1. The van der Waals surface area contributed by atoms with E-state index in [9.17, 15) is 0 Å². The first-order valence-electron chi connectivity index (χ1n) is 21.7. The second-order valence-electron chi connectivity index (χ2n) is 15.0. The zero-order valence-corrected chi connectivity index (χ0v) is 33.3. The standard InChI is InChI=1S/C44H89N2O2/c1-4-6-8-10-12-14-16-18-20-22-24-26-28-30-32-34-41-47-43-39-46(3,38-36-37-45)40-44-48-42-35-33-31-29-27-25-23-21-19-17-15-13-11-9-7-5-2/h18-21H,4-17,22-45H2,1-3H3/q+1/b20-18-,21-19-. The van der Waals surface area contributed by atoms with Crippen LogP contribution in [0.3, 0.4) is 0 Å². The molecule has 286 valence electrons. The van der Waals surface area contributed by atoms with E-state index in [2.05, 4.69) is 45.2 Å². The van der Waals surface area contributed by atoms with Crippen LogP contribution in [0.5, 0.6) is 0 Å². The average Bonchev–Trinajstić information content (AvgIpc) is 3.09. The number of unbranched alkanes of at least 4 members (excludes halogenated alkanes) is 24. The Morgan fingerprint density at radius 3 is 1.02 bits per heavy atom. The minimum absolute atomic E-state index is 0.764. The predicted molar refractivity (Wildman–Crippen MR) is 215 cm³/mol. The number of quaternary nitrogens is 1. The normalized spacial score (nSPS) is 12.3. The van der Waals surface area contributed by atoms with E-state index in [1.165, 1.54) is 180 Å². The van der Waals surface area contributed by atoms with E-state index in [4.69, 9.17) is 15.2 Å². The van der Waals surface area contributed by atoms with E-state index in [0.29, 0.717) is 0 Å². The van der Waals surface area contributed by atoms with E-state index >= 15 is 0 Å². The Labute approximate surface area is 303 Å². The Hall–Kier alpha value is -0.680. The van der Waals surface area contributed by atoms with E-state index in [0.717, 1.165) is 63.5 Å². The van der Waals surface area contributed by atoms with E-state index in [1.54, 1.807) is 0 Å². The maximum atomic E-state index is 6.07. The molecular formula is C44H89N2O2+. The molecule has 0 fully saturated rings. The fourth-order valence-electron chi connectivity index (χ4n) is 6.49. The molecule has 4 nitrogen and oxygen atoms in total. The first-order valence-corrected chi connectivity index (χ1v) is 21.7. The third kappa shape index (κ3) is 38.1. The lowest BCUT2D eigenvalue weighted by molar-refractivity contribution is -0.910. The topological polar surface area (TPSA) is 44.5 Å². The Kier molecular flexibility index (Phi) is 40.2. The monoisotopic (exact) mass is 678 g/mol. The zero-order valence-electron chi connectivity index (χ0n) is 33.3. The van der Waals surface area contributed by atoms with Crippen LogP contribution in [0.4, 0.5) is 0 Å². The van der Waals surface area contributed by atoms with Gasteiger partial charge in [0.2, 0.25) is 0 Å². The van der Waals surface area contributed by atoms with Crippen molar-refractivity contribution in [1.29, 1.82) is 0 Å². The van der Waals surface area contributed by atoms with Crippen LogP contribution >= 0.6 is 0 Å². The zero-order chi connectivity index (χ0) is 34.9. The molecule has 0 bridgehead atoms. The summed E-state index contributed by atoms with van der Waals surface area (Å²) in [5.74, 6) is 0. The van der Waals surface area contributed by atoms with Gasteiger partial charge >= 0.3 is 0 Å². The number of nitrogens with zero attached hydrogens (tertiary/aromatic N) is 1. The second-order valence-corrected chi connectivity index (χ2v) is 15.0. The van der Waals surface area contributed by atoms with Gasteiger partial charge in [0.25, 0.3) is 0 Å². The van der Waals surface area contributed by atoms with Crippen molar-refractivity contribution in [3.05, 3.63) is 24.3 Å². The summed E-state index contributed by atoms with van der Waals surface area (Å²) in [4.78, 5) is 0. The lowest BCUT2D eigenvalue weighted by atomic mass is 10.1. The van der Waals surface area contributed by atoms with Gasteiger partial charge in [0.05, 0.1) is 26.8 Å². The van der Waals surface area contributed by atoms with Crippen molar-refractivity contribution in [3.8, 4) is 0 Å². The van der Waals surface area contributed by atoms with Gasteiger partial charge < -0.3 is 19.7 Å². The van der Waals surface area contributed by atoms with Crippen LogP contribution in [0.1, 0.15) is 200 Å². The van der Waals surface area contributed by atoms with Gasteiger partial charge in [-0.1, -0.05) is 154 Å². The van der Waals surface area contributed by atoms with E-state index < -0.39 is 0 Å². The average molecular weight is 678 g/mol. The van der Waals surface area contributed by atoms with Crippen molar-refractivity contribution in [2.75, 3.05) is 59.7 Å². The molecule has 0 atom stereocenters. The summed E-state index contributed by atoms with van der Waals surface area (Å²) in [7, 11) is 2.36. The van der Waals surface area contributed by atoms with Crippen LogP contribution in [0.15, 0.2) is 24.3 Å². The van der Waals surface area contributed by atoms with Gasteiger partial charge in [0, 0.05) is 19.6 Å². The van der Waals surface area contributed by atoms with Crippen LogP contribution < -0.4 is 5.73 Å². The maximum absolute atomic E-state index is 6.07. The number of allylic oxidation sites excluding steroid dienone is 4. The van der Waals surface area contributed by atoms with Crippen molar-refractivity contribution >= 4 is 0 Å². The fraction of sp³-hybridized carbons (Fsp3) is 0.909. The third-order valence-corrected chi connectivity index (χ3v) is 10.1. The molecule has 0 aliphatic carbocycles. The minimum atomic E-state index is 0.764. The molecule has 0 aromatic heterocycles. The van der Waals surface area contributed by atoms with E-state index in [1.807, 2.05) is 0 Å². The second kappa shape index (κ2) is 40.7. The largest absolute Gasteiger partial charge is 0.376 e. The molecular weight excluding hydrogens is 588 g/mol. The highest BCUT2D eigenvalue weighted by molar-refractivity contribution is 4.82. The molecule has 0 aliphatic heterocycles. The van der Waals surface area contributed by atoms with Gasteiger partial charge in [-0.25, -0.2) is 0 Å². The van der Waals surface area contributed by atoms with Gasteiger partial charge in [0.1, 0.15) is 13.1 Å². The summed E-state index contributed by atoms with van der Waals surface area (Å²) < 4.78 is 13.2. The van der Waals surface area contributed by atoms with Gasteiger partial charge in [-0.15, -0.1) is 0 Å². The number of hydrogen-bond donors (Lipinski definition) is 1. The van der Waals surface area contributed by atoms with Crippen molar-refractivity contribution in [1.82, 2.24) is 0 Å². The molecule has 0 rings (SSSR count). The SMILES string of the molecule is CCCCCCCC/C=C\CCCCCCCCOCC[N+](C)(CCCN)CCOCCCCCCCC/C=C\CCCCCCCC. The molecule has 2 N–H and O–H groups in total. The first kappa shape index (κ1) is 47.3. The molecule has 0 amide bonds.